The molecule has 0 atom stereocenters. The van der Waals surface area contributed by atoms with Gasteiger partial charge in [-0.3, -0.25) is 4.79 Å². The van der Waals surface area contributed by atoms with Crippen molar-refractivity contribution in [3.05, 3.63) is 89.0 Å². The van der Waals surface area contributed by atoms with Gasteiger partial charge in [0.25, 0.3) is 0 Å². The van der Waals surface area contributed by atoms with Crippen LogP contribution in [-0.2, 0) is 17.8 Å². The van der Waals surface area contributed by atoms with Gasteiger partial charge >= 0.3 is 0 Å². The highest BCUT2D eigenvalue weighted by molar-refractivity contribution is 5.92. The van der Waals surface area contributed by atoms with Crippen molar-refractivity contribution in [2.45, 2.75) is 40.2 Å². The van der Waals surface area contributed by atoms with Crippen LogP contribution in [-0.4, -0.2) is 30.1 Å². The van der Waals surface area contributed by atoms with Gasteiger partial charge in [0.1, 0.15) is 11.6 Å². The van der Waals surface area contributed by atoms with E-state index in [1.807, 2.05) is 55.6 Å². The summed E-state index contributed by atoms with van der Waals surface area (Å²) in [5, 5.41) is 8.58. The lowest BCUT2D eigenvalue weighted by Gasteiger charge is -2.12. The molecule has 0 radical (unpaired) electrons. The quantitative estimate of drug-likeness (QED) is 0.411. The molecule has 0 aliphatic carbocycles. The SMILES string of the molecule is Cc1nc2c3ccccc3nn2c(C)c1CCC(=O)NCc1ccc(-n2ccnc2C)c(F)c1. The fraction of sp³-hybridized carbons (Fsp3) is 0.231. The van der Waals surface area contributed by atoms with Gasteiger partial charge in [0.15, 0.2) is 5.65 Å². The lowest BCUT2D eigenvalue weighted by atomic mass is 10.1. The first-order chi connectivity index (χ1) is 16.4. The molecule has 7 nitrogen and oxygen atoms in total. The second kappa shape index (κ2) is 8.70. The number of rotatable bonds is 6. The second-order valence-electron chi connectivity index (χ2n) is 8.42. The predicted molar refractivity (Wildman–Crippen MR) is 128 cm³/mol. The molecule has 0 saturated heterocycles. The average Bonchev–Trinajstić information content (AvgIpc) is 3.41. The van der Waals surface area contributed by atoms with Crippen molar-refractivity contribution in [2.75, 3.05) is 0 Å². The Labute approximate surface area is 196 Å². The van der Waals surface area contributed by atoms with E-state index >= 15 is 0 Å². The Hall–Kier alpha value is -4.07. The van der Waals surface area contributed by atoms with E-state index in [-0.39, 0.29) is 18.3 Å². The maximum absolute atomic E-state index is 14.6. The molecule has 0 bridgehead atoms. The van der Waals surface area contributed by atoms with Gasteiger partial charge in [0, 0.05) is 42.1 Å². The van der Waals surface area contributed by atoms with E-state index in [1.165, 1.54) is 6.07 Å². The average molecular weight is 457 g/mol. The number of nitrogens with one attached hydrogen (secondary N) is 1. The Morgan fingerprint density at radius 3 is 2.71 bits per heavy atom. The molecule has 172 valence electrons. The van der Waals surface area contributed by atoms with Crippen molar-refractivity contribution in [3.63, 3.8) is 0 Å². The first-order valence-corrected chi connectivity index (χ1v) is 11.2. The standard InChI is InChI=1S/C26H25FN6O/c1-16-20(17(2)33-26(30-16)21-6-4-5-7-23(21)31-33)9-11-25(34)29-15-19-8-10-24(22(27)14-19)32-13-12-28-18(32)3/h4-8,10,12-14H,9,11,15H2,1-3H3,(H,29,34). The van der Waals surface area contributed by atoms with E-state index in [4.69, 9.17) is 4.98 Å². The van der Waals surface area contributed by atoms with Crippen LogP contribution < -0.4 is 5.32 Å². The predicted octanol–water partition coefficient (Wildman–Crippen LogP) is 4.38. The number of imidazole rings is 1. The number of carbonyl (C=O) groups is 1. The third-order valence-corrected chi connectivity index (χ3v) is 6.21. The number of fused-ring (bicyclic) bond motifs is 3. The summed E-state index contributed by atoms with van der Waals surface area (Å²) in [5.41, 5.74) is 5.76. The largest absolute Gasteiger partial charge is 0.352 e. The lowest BCUT2D eigenvalue weighted by molar-refractivity contribution is -0.121. The van der Waals surface area contributed by atoms with E-state index in [9.17, 15) is 9.18 Å². The number of halogens is 1. The minimum absolute atomic E-state index is 0.0977. The summed E-state index contributed by atoms with van der Waals surface area (Å²) >= 11 is 0. The maximum Gasteiger partial charge on any atom is 0.220 e. The molecule has 0 aliphatic heterocycles. The van der Waals surface area contributed by atoms with Crippen molar-refractivity contribution in [1.82, 2.24) is 29.5 Å². The number of nitrogens with zero attached hydrogens (tertiary/aromatic N) is 5. The zero-order valence-corrected chi connectivity index (χ0v) is 19.3. The number of hydrogen-bond acceptors (Lipinski definition) is 4. The van der Waals surface area contributed by atoms with Gasteiger partial charge in [0.2, 0.25) is 5.91 Å². The Morgan fingerprint density at radius 2 is 1.94 bits per heavy atom. The van der Waals surface area contributed by atoms with Crippen molar-refractivity contribution >= 4 is 22.5 Å². The summed E-state index contributed by atoms with van der Waals surface area (Å²) in [4.78, 5) is 21.4. The number of aromatic nitrogens is 5. The highest BCUT2D eigenvalue weighted by atomic mass is 19.1. The number of carbonyl (C=O) groups excluding carboxylic acids is 1. The van der Waals surface area contributed by atoms with E-state index in [0.717, 1.165) is 33.5 Å². The van der Waals surface area contributed by atoms with Gasteiger partial charge in [0.05, 0.1) is 11.2 Å². The smallest absolute Gasteiger partial charge is 0.220 e. The van der Waals surface area contributed by atoms with Crippen molar-refractivity contribution < 1.29 is 9.18 Å². The summed E-state index contributed by atoms with van der Waals surface area (Å²) in [7, 11) is 0. The van der Waals surface area contributed by atoms with Crippen molar-refractivity contribution in [1.29, 1.82) is 0 Å². The van der Waals surface area contributed by atoms with Crippen LogP contribution in [0.1, 0.15) is 34.8 Å². The molecule has 0 saturated carbocycles. The minimum atomic E-state index is -0.356. The number of hydrogen-bond donors (Lipinski definition) is 1. The molecule has 1 amide bonds. The summed E-state index contributed by atoms with van der Waals surface area (Å²) in [5.74, 6) is 0.256. The second-order valence-corrected chi connectivity index (χ2v) is 8.42. The van der Waals surface area contributed by atoms with Crippen LogP contribution in [0.15, 0.2) is 54.9 Å². The van der Waals surface area contributed by atoms with Gasteiger partial charge in [-0.15, -0.1) is 0 Å². The van der Waals surface area contributed by atoms with Crippen molar-refractivity contribution in [3.8, 4) is 5.69 Å². The van der Waals surface area contributed by atoms with Crippen LogP contribution in [0, 0.1) is 26.6 Å². The normalized spacial score (nSPS) is 11.4. The number of amides is 1. The molecule has 3 heterocycles. The van der Waals surface area contributed by atoms with Gasteiger partial charge in [-0.1, -0.05) is 18.2 Å². The lowest BCUT2D eigenvalue weighted by Crippen LogP contribution is -2.23. The molecule has 1 N–H and O–H groups in total. The molecule has 5 aromatic rings. The molecule has 0 aliphatic rings. The van der Waals surface area contributed by atoms with Crippen LogP contribution in [0.3, 0.4) is 0 Å². The van der Waals surface area contributed by atoms with E-state index in [0.29, 0.717) is 29.9 Å². The summed E-state index contributed by atoms with van der Waals surface area (Å²) in [6.45, 7) is 6.05. The first kappa shape index (κ1) is 21.8. The zero-order valence-electron chi connectivity index (χ0n) is 19.3. The molecule has 8 heteroatoms. The monoisotopic (exact) mass is 456 g/mol. The van der Waals surface area contributed by atoms with Crippen LogP contribution in [0.25, 0.3) is 22.2 Å². The van der Waals surface area contributed by atoms with Crippen LogP contribution in [0.2, 0.25) is 0 Å². The van der Waals surface area contributed by atoms with Crippen LogP contribution in [0.4, 0.5) is 4.39 Å². The molecule has 5 rings (SSSR count). The molecular formula is C26H25FN6O. The summed E-state index contributed by atoms with van der Waals surface area (Å²) in [6.07, 6.45) is 4.21. The molecule has 0 spiro atoms. The summed E-state index contributed by atoms with van der Waals surface area (Å²) < 4.78 is 18.2. The van der Waals surface area contributed by atoms with E-state index < -0.39 is 0 Å². The molecule has 2 aromatic carbocycles. The highest BCUT2D eigenvalue weighted by Crippen LogP contribution is 2.23. The van der Waals surface area contributed by atoms with Gasteiger partial charge < -0.3 is 9.88 Å². The third-order valence-electron chi connectivity index (χ3n) is 6.21. The van der Waals surface area contributed by atoms with E-state index in [1.54, 1.807) is 23.0 Å². The molecule has 34 heavy (non-hydrogen) atoms. The Kier molecular flexibility index (Phi) is 5.57. The Morgan fingerprint density at radius 1 is 1.12 bits per heavy atom. The van der Waals surface area contributed by atoms with Crippen LogP contribution in [0.5, 0.6) is 0 Å². The van der Waals surface area contributed by atoms with E-state index in [2.05, 4.69) is 15.4 Å². The van der Waals surface area contributed by atoms with Gasteiger partial charge in [-0.25, -0.2) is 18.9 Å². The fourth-order valence-corrected chi connectivity index (χ4v) is 4.35. The zero-order chi connectivity index (χ0) is 23.8. The van der Waals surface area contributed by atoms with Gasteiger partial charge in [-0.05, 0) is 62.6 Å². The molecule has 0 unspecified atom stereocenters. The fourth-order valence-electron chi connectivity index (χ4n) is 4.35. The molecule has 0 fully saturated rings. The topological polar surface area (TPSA) is 77.1 Å². The third kappa shape index (κ3) is 3.91. The minimum Gasteiger partial charge on any atom is -0.352 e. The Bertz CT molecular complexity index is 1530. The highest BCUT2D eigenvalue weighted by Gasteiger charge is 2.15. The number of aryl methyl sites for hydroxylation is 3. The number of benzene rings is 2. The first-order valence-electron chi connectivity index (χ1n) is 11.2. The maximum atomic E-state index is 14.6. The molecular weight excluding hydrogens is 431 g/mol. The van der Waals surface area contributed by atoms with Crippen molar-refractivity contribution in [2.24, 2.45) is 0 Å². The molecule has 3 aromatic heterocycles. The Balaban J connectivity index is 1.26. The van der Waals surface area contributed by atoms with Gasteiger partial charge in [-0.2, -0.15) is 5.10 Å². The summed E-state index contributed by atoms with van der Waals surface area (Å²) in [6, 6.07) is 12.9. The van der Waals surface area contributed by atoms with Crippen LogP contribution >= 0.6 is 0 Å².